The number of carbonyl (C=O) groups is 1. The van der Waals surface area contributed by atoms with Gasteiger partial charge in [-0.2, -0.15) is 18.3 Å². The minimum absolute atomic E-state index is 0.00512. The number of fused-ring (bicyclic) bond motifs is 1. The first-order valence-corrected chi connectivity index (χ1v) is 10.3. The van der Waals surface area contributed by atoms with Crippen LogP contribution in [0.4, 0.5) is 23.4 Å². The molecule has 2 atom stereocenters. The zero-order valence-electron chi connectivity index (χ0n) is 17.3. The third-order valence-corrected chi connectivity index (χ3v) is 5.62. The van der Waals surface area contributed by atoms with Crippen molar-refractivity contribution in [2.75, 3.05) is 5.32 Å². The molecule has 0 saturated heterocycles. The number of aromatic nitrogens is 2. The van der Waals surface area contributed by atoms with Gasteiger partial charge in [-0.1, -0.05) is 43.3 Å². The number of hydrogen-bond donors (Lipinski definition) is 2. The number of hydrogen-bond acceptors (Lipinski definition) is 3. The van der Waals surface area contributed by atoms with Gasteiger partial charge in [-0.3, -0.25) is 4.79 Å². The number of aryl methyl sites for hydroxylation is 1. The van der Waals surface area contributed by atoms with Crippen LogP contribution in [0.3, 0.4) is 0 Å². The molecule has 0 radical (unpaired) electrons. The molecule has 4 rings (SSSR count). The average Bonchev–Trinajstić information content (AvgIpc) is 3.20. The maximum absolute atomic E-state index is 13.8. The summed E-state index contributed by atoms with van der Waals surface area (Å²) < 4.78 is 55.6. The van der Waals surface area contributed by atoms with Crippen molar-refractivity contribution in [1.82, 2.24) is 15.1 Å². The fourth-order valence-corrected chi connectivity index (χ4v) is 3.86. The lowest BCUT2D eigenvalue weighted by Crippen LogP contribution is -2.36. The molecule has 0 spiro atoms. The van der Waals surface area contributed by atoms with E-state index in [9.17, 15) is 22.4 Å². The molecule has 1 aromatic heterocycles. The monoisotopic (exact) mass is 446 g/mol. The number of nitrogens with one attached hydrogen (secondary N) is 2. The Morgan fingerprint density at radius 3 is 2.59 bits per heavy atom. The van der Waals surface area contributed by atoms with Crippen molar-refractivity contribution in [3.63, 3.8) is 0 Å². The van der Waals surface area contributed by atoms with E-state index in [0.29, 0.717) is 11.1 Å². The molecule has 1 aliphatic rings. The van der Waals surface area contributed by atoms with Gasteiger partial charge in [0.25, 0.3) is 5.91 Å². The molecule has 0 aliphatic carbocycles. The molecule has 1 aliphatic heterocycles. The van der Waals surface area contributed by atoms with Gasteiger partial charge in [0, 0.05) is 13.0 Å². The largest absolute Gasteiger partial charge is 0.410 e. The fourth-order valence-electron chi connectivity index (χ4n) is 3.86. The van der Waals surface area contributed by atoms with Gasteiger partial charge in [0.2, 0.25) is 0 Å². The molecule has 168 valence electrons. The Hall–Kier alpha value is -3.36. The topological polar surface area (TPSA) is 59.0 Å². The lowest BCUT2D eigenvalue weighted by Gasteiger charge is -2.34. The van der Waals surface area contributed by atoms with E-state index in [2.05, 4.69) is 15.7 Å². The van der Waals surface area contributed by atoms with E-state index >= 15 is 0 Å². The zero-order valence-corrected chi connectivity index (χ0v) is 17.3. The maximum atomic E-state index is 13.8. The molecule has 32 heavy (non-hydrogen) atoms. The molecule has 3 aromatic rings. The second kappa shape index (κ2) is 8.64. The summed E-state index contributed by atoms with van der Waals surface area (Å²) in [7, 11) is 0. The Morgan fingerprint density at radius 2 is 1.94 bits per heavy atom. The van der Waals surface area contributed by atoms with Crippen molar-refractivity contribution in [3.8, 4) is 0 Å². The van der Waals surface area contributed by atoms with Crippen LogP contribution in [0.1, 0.15) is 52.5 Å². The van der Waals surface area contributed by atoms with Crippen LogP contribution >= 0.6 is 0 Å². The van der Waals surface area contributed by atoms with Crippen molar-refractivity contribution < 1.29 is 22.4 Å². The Balaban J connectivity index is 1.61. The molecule has 2 N–H and O–H groups in total. The summed E-state index contributed by atoms with van der Waals surface area (Å²) in [6.45, 7) is 2.03. The van der Waals surface area contributed by atoms with Crippen molar-refractivity contribution in [1.29, 1.82) is 0 Å². The molecule has 0 saturated carbocycles. The van der Waals surface area contributed by atoms with Gasteiger partial charge in [0.15, 0.2) is 6.04 Å². The summed E-state index contributed by atoms with van der Waals surface area (Å²) >= 11 is 0. The van der Waals surface area contributed by atoms with Crippen LogP contribution in [-0.4, -0.2) is 21.9 Å². The molecule has 9 heteroatoms. The maximum Gasteiger partial charge on any atom is 0.410 e. The van der Waals surface area contributed by atoms with Crippen molar-refractivity contribution in [2.24, 2.45) is 0 Å². The predicted octanol–water partition coefficient (Wildman–Crippen LogP) is 5.17. The SMILES string of the molecule is CCc1ccc([C@H]2C[C@@H](C(F)(F)F)n3ncc(C(=O)NCc4cccc(F)c4)c3N2)cc1. The van der Waals surface area contributed by atoms with Gasteiger partial charge >= 0.3 is 6.18 Å². The van der Waals surface area contributed by atoms with Gasteiger partial charge in [-0.25, -0.2) is 9.07 Å². The average molecular weight is 446 g/mol. The normalized spacial score (nSPS) is 18.0. The van der Waals surface area contributed by atoms with Crippen LogP contribution in [0.25, 0.3) is 0 Å². The van der Waals surface area contributed by atoms with E-state index in [-0.39, 0.29) is 24.3 Å². The molecule has 0 fully saturated rings. The number of halogens is 4. The highest BCUT2D eigenvalue weighted by atomic mass is 19.4. The second-order valence-electron chi connectivity index (χ2n) is 7.75. The summed E-state index contributed by atoms with van der Waals surface area (Å²) in [5, 5.41) is 9.55. The van der Waals surface area contributed by atoms with E-state index in [1.807, 2.05) is 19.1 Å². The zero-order chi connectivity index (χ0) is 22.9. The predicted molar refractivity (Wildman–Crippen MR) is 112 cm³/mol. The van der Waals surface area contributed by atoms with Crippen LogP contribution in [0.2, 0.25) is 0 Å². The van der Waals surface area contributed by atoms with Crippen molar-refractivity contribution in [3.05, 3.63) is 82.8 Å². The number of alkyl halides is 3. The first kappa shape index (κ1) is 21.9. The Morgan fingerprint density at radius 1 is 1.19 bits per heavy atom. The van der Waals surface area contributed by atoms with Gasteiger partial charge in [0.1, 0.15) is 17.2 Å². The van der Waals surface area contributed by atoms with Crippen molar-refractivity contribution in [2.45, 2.75) is 44.6 Å². The molecule has 2 aromatic carbocycles. The minimum Gasteiger partial charge on any atom is -0.363 e. The second-order valence-corrected chi connectivity index (χ2v) is 7.75. The van der Waals surface area contributed by atoms with Crippen LogP contribution in [0.5, 0.6) is 0 Å². The molecular weight excluding hydrogens is 424 g/mol. The lowest BCUT2D eigenvalue weighted by molar-refractivity contribution is -0.173. The number of benzene rings is 2. The van der Waals surface area contributed by atoms with Gasteiger partial charge in [-0.15, -0.1) is 0 Å². The highest BCUT2D eigenvalue weighted by Gasteiger charge is 2.47. The van der Waals surface area contributed by atoms with Crippen molar-refractivity contribution >= 4 is 11.7 Å². The third-order valence-electron chi connectivity index (χ3n) is 5.62. The standard InChI is InChI=1S/C23H22F4N4O/c1-2-14-6-8-16(9-7-14)19-11-20(23(25,26)27)31-21(30-19)18(13-29-31)22(32)28-12-15-4-3-5-17(24)10-15/h3-10,13,19-20,30H,2,11-12H2,1H3,(H,28,32)/t19-,20+/m1/s1. The highest BCUT2D eigenvalue weighted by molar-refractivity contribution is 5.98. The summed E-state index contributed by atoms with van der Waals surface area (Å²) in [6.07, 6.45) is -2.82. The number of nitrogens with zero attached hydrogens (tertiary/aromatic N) is 2. The van der Waals surface area contributed by atoms with E-state index in [4.69, 9.17) is 0 Å². The number of carbonyl (C=O) groups excluding carboxylic acids is 1. The first-order chi connectivity index (χ1) is 15.3. The quantitative estimate of drug-likeness (QED) is 0.532. The van der Waals surface area contributed by atoms with Gasteiger partial charge in [-0.05, 0) is 35.2 Å². The minimum atomic E-state index is -4.53. The third kappa shape index (κ3) is 4.46. The number of anilines is 1. The summed E-state index contributed by atoms with van der Waals surface area (Å²) in [6, 6.07) is 10.6. The van der Waals surface area contributed by atoms with Crippen LogP contribution in [0, 0.1) is 5.82 Å². The van der Waals surface area contributed by atoms with E-state index < -0.39 is 30.0 Å². The molecule has 1 amide bonds. The van der Waals surface area contributed by atoms with E-state index in [0.717, 1.165) is 22.9 Å². The molecule has 5 nitrogen and oxygen atoms in total. The van der Waals surface area contributed by atoms with Crippen LogP contribution in [-0.2, 0) is 13.0 Å². The van der Waals surface area contributed by atoms with Gasteiger partial charge in [0.05, 0.1) is 12.2 Å². The van der Waals surface area contributed by atoms with Crippen LogP contribution < -0.4 is 10.6 Å². The summed E-state index contributed by atoms with van der Waals surface area (Å²) in [4.78, 5) is 12.7. The smallest absolute Gasteiger partial charge is 0.363 e. The highest BCUT2D eigenvalue weighted by Crippen LogP contribution is 2.44. The van der Waals surface area contributed by atoms with Gasteiger partial charge < -0.3 is 10.6 Å². The molecular formula is C23H22F4N4O. The lowest BCUT2D eigenvalue weighted by atomic mass is 9.95. The Bertz CT molecular complexity index is 1110. The fraction of sp³-hybridized carbons (Fsp3) is 0.304. The number of rotatable bonds is 5. The Kier molecular flexibility index (Phi) is 5.90. The molecule has 0 bridgehead atoms. The summed E-state index contributed by atoms with van der Waals surface area (Å²) in [5.41, 5.74) is 2.33. The summed E-state index contributed by atoms with van der Waals surface area (Å²) in [5.74, 6) is -1.02. The molecule has 2 heterocycles. The molecule has 0 unspecified atom stereocenters. The van der Waals surface area contributed by atoms with E-state index in [1.165, 1.54) is 18.2 Å². The number of amides is 1. The Labute approximate surface area is 182 Å². The first-order valence-electron chi connectivity index (χ1n) is 10.3. The van der Waals surface area contributed by atoms with Crippen LogP contribution in [0.15, 0.2) is 54.7 Å². The van der Waals surface area contributed by atoms with E-state index in [1.54, 1.807) is 18.2 Å².